The normalized spacial score (nSPS) is 19.9. The van der Waals surface area contributed by atoms with Crippen LogP contribution in [0.1, 0.15) is 35.7 Å². The summed E-state index contributed by atoms with van der Waals surface area (Å²) in [6, 6.07) is 4.08. The van der Waals surface area contributed by atoms with Crippen LogP contribution in [-0.2, 0) is 18.3 Å². The van der Waals surface area contributed by atoms with Gasteiger partial charge in [0.15, 0.2) is 0 Å². The monoisotopic (exact) mass is 433 g/mol. The van der Waals surface area contributed by atoms with Crippen molar-refractivity contribution in [3.63, 3.8) is 0 Å². The first-order valence-electron chi connectivity index (χ1n) is 11.5. The number of piperidine rings is 1. The summed E-state index contributed by atoms with van der Waals surface area (Å²) in [5.41, 5.74) is 5.86. The molecule has 0 aliphatic carbocycles. The molecule has 3 aromatic rings. The highest BCUT2D eigenvalue weighted by molar-refractivity contribution is 5.65. The fraction of sp³-hybridized carbons (Fsp3) is 0.500. The van der Waals surface area contributed by atoms with Gasteiger partial charge < -0.3 is 9.64 Å². The molecule has 168 valence electrons. The molecule has 1 unspecified atom stereocenters. The molecule has 0 N–H and O–H groups in total. The van der Waals surface area contributed by atoms with Crippen molar-refractivity contribution in [2.45, 2.75) is 32.2 Å². The van der Waals surface area contributed by atoms with Gasteiger partial charge in [-0.1, -0.05) is 6.07 Å². The van der Waals surface area contributed by atoms with Gasteiger partial charge in [-0.2, -0.15) is 5.10 Å². The van der Waals surface area contributed by atoms with Crippen molar-refractivity contribution in [1.82, 2.24) is 29.6 Å². The quantitative estimate of drug-likeness (QED) is 0.613. The van der Waals surface area contributed by atoms with Crippen LogP contribution in [0.25, 0.3) is 11.1 Å². The Morgan fingerprint density at radius 3 is 2.75 bits per heavy atom. The smallest absolute Gasteiger partial charge is 0.225 e. The number of aromatic nitrogens is 5. The SMILES string of the molecule is Cc1c(CN2CCCC(c3nc(N4CCOCC4)ncc3-c3cccnc3)C2)cnn1C. The maximum Gasteiger partial charge on any atom is 0.225 e. The van der Waals surface area contributed by atoms with Gasteiger partial charge in [-0.3, -0.25) is 14.6 Å². The number of pyridine rings is 1. The molecular formula is C24H31N7O. The van der Waals surface area contributed by atoms with Crippen LogP contribution in [0.2, 0.25) is 0 Å². The number of aryl methyl sites for hydroxylation is 1. The predicted molar refractivity (Wildman–Crippen MR) is 123 cm³/mol. The standard InChI is InChI=1S/C24H31N7O/c1-18-21(14-27-29(18)2)17-30-8-4-6-20(16-30)23-22(19-5-3-7-25-13-19)15-26-24(28-23)31-9-11-32-12-10-31/h3,5,7,13-15,20H,4,6,8-12,16-17H2,1-2H3. The number of anilines is 1. The van der Waals surface area contributed by atoms with Gasteiger partial charge >= 0.3 is 0 Å². The Morgan fingerprint density at radius 2 is 2.00 bits per heavy atom. The van der Waals surface area contributed by atoms with Crippen molar-refractivity contribution in [3.05, 3.63) is 53.9 Å². The van der Waals surface area contributed by atoms with Crippen molar-refractivity contribution < 1.29 is 4.74 Å². The third kappa shape index (κ3) is 4.38. The van der Waals surface area contributed by atoms with Crippen LogP contribution >= 0.6 is 0 Å². The fourth-order valence-electron chi connectivity index (χ4n) is 4.72. The van der Waals surface area contributed by atoms with Gasteiger partial charge in [0.25, 0.3) is 0 Å². The van der Waals surface area contributed by atoms with E-state index in [2.05, 4.69) is 32.9 Å². The third-order valence-electron chi connectivity index (χ3n) is 6.70. The number of hydrogen-bond acceptors (Lipinski definition) is 7. The van der Waals surface area contributed by atoms with Crippen molar-refractivity contribution >= 4 is 5.95 Å². The van der Waals surface area contributed by atoms with Crippen molar-refractivity contribution in [2.24, 2.45) is 7.05 Å². The summed E-state index contributed by atoms with van der Waals surface area (Å²) >= 11 is 0. The van der Waals surface area contributed by atoms with Crippen molar-refractivity contribution in [3.8, 4) is 11.1 Å². The molecule has 5 heterocycles. The second-order valence-electron chi connectivity index (χ2n) is 8.76. The molecule has 1 atom stereocenters. The Kier molecular flexibility index (Phi) is 6.14. The molecule has 8 nitrogen and oxygen atoms in total. The predicted octanol–water partition coefficient (Wildman–Crippen LogP) is 2.80. The molecule has 2 aliphatic rings. The van der Waals surface area contributed by atoms with E-state index in [4.69, 9.17) is 14.7 Å². The second-order valence-corrected chi connectivity index (χ2v) is 8.76. The Bertz CT molecular complexity index is 1050. The summed E-state index contributed by atoms with van der Waals surface area (Å²) in [4.78, 5) is 19.0. The van der Waals surface area contributed by atoms with Gasteiger partial charge in [0.2, 0.25) is 5.95 Å². The number of rotatable bonds is 5. The number of ether oxygens (including phenoxy) is 1. The third-order valence-corrected chi connectivity index (χ3v) is 6.70. The van der Waals surface area contributed by atoms with Crippen molar-refractivity contribution in [2.75, 3.05) is 44.3 Å². The van der Waals surface area contributed by atoms with Crippen LogP contribution in [0, 0.1) is 6.92 Å². The molecule has 0 saturated carbocycles. The van der Waals surface area contributed by atoms with E-state index >= 15 is 0 Å². The van der Waals surface area contributed by atoms with E-state index in [1.807, 2.05) is 42.6 Å². The summed E-state index contributed by atoms with van der Waals surface area (Å²) in [5.74, 6) is 1.18. The Hall–Kier alpha value is -2.84. The highest BCUT2D eigenvalue weighted by Gasteiger charge is 2.27. The molecule has 0 radical (unpaired) electrons. The van der Waals surface area contributed by atoms with Gasteiger partial charge in [-0.25, -0.2) is 9.97 Å². The van der Waals surface area contributed by atoms with Crippen LogP contribution in [0.15, 0.2) is 36.9 Å². The van der Waals surface area contributed by atoms with Crippen LogP contribution < -0.4 is 4.90 Å². The van der Waals surface area contributed by atoms with E-state index in [9.17, 15) is 0 Å². The number of likely N-dealkylation sites (tertiary alicyclic amines) is 1. The minimum atomic E-state index is 0.360. The Labute approximate surface area is 189 Å². The maximum absolute atomic E-state index is 5.52. The van der Waals surface area contributed by atoms with E-state index in [0.717, 1.165) is 81.5 Å². The Balaban J connectivity index is 1.44. The first-order chi connectivity index (χ1) is 15.7. The lowest BCUT2D eigenvalue weighted by molar-refractivity contribution is 0.122. The molecule has 2 fully saturated rings. The molecule has 2 saturated heterocycles. The van der Waals surface area contributed by atoms with Crippen LogP contribution in [0.3, 0.4) is 0 Å². The zero-order valence-corrected chi connectivity index (χ0v) is 18.9. The van der Waals surface area contributed by atoms with E-state index in [-0.39, 0.29) is 0 Å². The summed E-state index contributed by atoms with van der Waals surface area (Å²) in [7, 11) is 2.01. The van der Waals surface area contributed by atoms with Gasteiger partial charge in [0, 0.05) is 80.1 Å². The molecule has 0 aromatic carbocycles. The second kappa shape index (κ2) is 9.34. The minimum absolute atomic E-state index is 0.360. The van der Waals surface area contributed by atoms with Gasteiger partial charge in [-0.15, -0.1) is 0 Å². The van der Waals surface area contributed by atoms with Crippen LogP contribution in [0.4, 0.5) is 5.95 Å². The van der Waals surface area contributed by atoms with Crippen LogP contribution in [0.5, 0.6) is 0 Å². The summed E-state index contributed by atoms with van der Waals surface area (Å²) in [6.45, 7) is 8.29. The van der Waals surface area contributed by atoms with E-state index in [1.165, 1.54) is 11.3 Å². The highest BCUT2D eigenvalue weighted by Crippen LogP contribution is 2.34. The molecule has 0 spiro atoms. The molecule has 32 heavy (non-hydrogen) atoms. The Morgan fingerprint density at radius 1 is 1.12 bits per heavy atom. The number of nitrogens with zero attached hydrogens (tertiary/aromatic N) is 7. The van der Waals surface area contributed by atoms with Crippen molar-refractivity contribution in [1.29, 1.82) is 0 Å². The molecule has 0 bridgehead atoms. The average molecular weight is 434 g/mol. The summed E-state index contributed by atoms with van der Waals surface area (Å²) < 4.78 is 7.48. The largest absolute Gasteiger partial charge is 0.378 e. The molecular weight excluding hydrogens is 402 g/mol. The van der Waals surface area contributed by atoms with Gasteiger partial charge in [-0.05, 0) is 32.4 Å². The van der Waals surface area contributed by atoms with Gasteiger partial charge in [0.05, 0.1) is 25.1 Å². The van der Waals surface area contributed by atoms with E-state index < -0.39 is 0 Å². The van der Waals surface area contributed by atoms with Crippen LogP contribution in [-0.4, -0.2) is 69.0 Å². The average Bonchev–Trinajstić information content (AvgIpc) is 3.17. The molecule has 5 rings (SSSR count). The fourth-order valence-corrected chi connectivity index (χ4v) is 4.72. The number of hydrogen-bond donors (Lipinski definition) is 0. The molecule has 8 heteroatoms. The topological polar surface area (TPSA) is 72.2 Å². The molecule has 0 amide bonds. The lowest BCUT2D eigenvalue weighted by Crippen LogP contribution is -2.38. The molecule has 3 aromatic heterocycles. The highest BCUT2D eigenvalue weighted by atomic mass is 16.5. The molecule has 2 aliphatic heterocycles. The first kappa shape index (κ1) is 21.0. The van der Waals surface area contributed by atoms with E-state index in [0.29, 0.717) is 5.92 Å². The zero-order valence-electron chi connectivity index (χ0n) is 18.9. The lowest BCUT2D eigenvalue weighted by atomic mass is 9.90. The van der Waals surface area contributed by atoms with E-state index in [1.54, 1.807) is 0 Å². The summed E-state index contributed by atoms with van der Waals surface area (Å²) in [5, 5.41) is 4.42. The lowest BCUT2D eigenvalue weighted by Gasteiger charge is -2.34. The maximum atomic E-state index is 5.52. The number of morpholine rings is 1. The summed E-state index contributed by atoms with van der Waals surface area (Å²) in [6.07, 6.45) is 10.0. The van der Waals surface area contributed by atoms with Gasteiger partial charge in [0.1, 0.15) is 0 Å². The minimum Gasteiger partial charge on any atom is -0.378 e. The zero-order chi connectivity index (χ0) is 21.9. The first-order valence-corrected chi connectivity index (χ1v) is 11.5.